The van der Waals surface area contributed by atoms with Crippen LogP contribution in [0.2, 0.25) is 0 Å². The number of aliphatic hydroxyl groups is 2. The van der Waals surface area contributed by atoms with Gasteiger partial charge >= 0.3 is 0 Å². The largest absolute Gasteiger partial charge is 0.393 e. The van der Waals surface area contributed by atoms with Gasteiger partial charge in [0.25, 0.3) is 0 Å². The first-order chi connectivity index (χ1) is 5.61. The van der Waals surface area contributed by atoms with E-state index in [0.717, 1.165) is 0 Å². The lowest BCUT2D eigenvalue weighted by atomic mass is 10.1. The number of aliphatic hydroxyl groups excluding tert-OH is 1. The molecule has 1 aliphatic rings. The molecule has 4 nitrogen and oxygen atoms in total. The molecule has 0 aromatic carbocycles. The van der Waals surface area contributed by atoms with Crippen molar-refractivity contribution in [3.05, 3.63) is 0 Å². The van der Waals surface area contributed by atoms with Gasteiger partial charge in [0.15, 0.2) is 0 Å². The molecule has 1 saturated heterocycles. The number of carbonyl (C=O) groups is 1. The lowest BCUT2D eigenvalue weighted by Crippen LogP contribution is -2.39. The number of rotatable bonds is 2. The molecular formula is C7H13NO3S. The summed E-state index contributed by atoms with van der Waals surface area (Å²) in [6, 6.07) is 0. The Morgan fingerprint density at radius 2 is 2.33 bits per heavy atom. The lowest BCUT2D eigenvalue weighted by molar-refractivity contribution is -0.128. The number of β-amino-alcohol motifs (C(OH)–C–C–N with tert-alkyl or cyclic N) is 1. The zero-order valence-electron chi connectivity index (χ0n) is 6.73. The van der Waals surface area contributed by atoms with E-state index in [1.54, 1.807) is 0 Å². The fraction of sp³-hybridized carbons (Fsp3) is 0.857. The van der Waals surface area contributed by atoms with Gasteiger partial charge in [0.05, 0.1) is 18.9 Å². The van der Waals surface area contributed by atoms with Crippen LogP contribution in [0.15, 0.2) is 0 Å². The van der Waals surface area contributed by atoms with Crippen LogP contribution in [0.3, 0.4) is 0 Å². The highest BCUT2D eigenvalue weighted by Gasteiger charge is 2.36. The second-order valence-corrected chi connectivity index (χ2v) is 3.42. The maximum atomic E-state index is 11.1. The molecular weight excluding hydrogens is 178 g/mol. The van der Waals surface area contributed by atoms with Crippen LogP contribution in [0, 0.1) is 0 Å². The molecule has 1 aliphatic heterocycles. The van der Waals surface area contributed by atoms with Gasteiger partial charge in [0.2, 0.25) is 5.91 Å². The summed E-state index contributed by atoms with van der Waals surface area (Å²) in [6.45, 7) is 0.447. The molecule has 1 rings (SSSR count). The Balaban J connectivity index is 2.50. The Morgan fingerprint density at radius 3 is 2.75 bits per heavy atom. The van der Waals surface area contributed by atoms with Crippen molar-refractivity contribution in [2.75, 3.05) is 25.4 Å². The molecule has 1 amide bonds. The summed E-state index contributed by atoms with van der Waals surface area (Å²) in [6.07, 6.45) is 0.447. The number of amides is 1. The molecule has 1 atom stereocenters. The standard InChI is InChI=1S/C7H13NO3S/c9-5-7(11)1-2-8(4-7)6(10)3-12/h9,11-12H,1-5H2. The summed E-state index contributed by atoms with van der Waals surface area (Å²) in [5, 5.41) is 18.3. The number of hydrogen-bond acceptors (Lipinski definition) is 4. The third-order valence-electron chi connectivity index (χ3n) is 2.11. The Morgan fingerprint density at radius 1 is 1.67 bits per heavy atom. The number of carbonyl (C=O) groups excluding carboxylic acids is 1. The summed E-state index contributed by atoms with van der Waals surface area (Å²) >= 11 is 3.84. The van der Waals surface area contributed by atoms with Gasteiger partial charge in [-0.05, 0) is 6.42 Å². The molecule has 0 saturated carbocycles. The van der Waals surface area contributed by atoms with Crippen LogP contribution < -0.4 is 0 Å². The molecule has 2 N–H and O–H groups in total. The van der Waals surface area contributed by atoms with Crippen molar-refractivity contribution >= 4 is 18.5 Å². The van der Waals surface area contributed by atoms with Crippen molar-refractivity contribution in [1.29, 1.82) is 0 Å². The summed E-state index contributed by atoms with van der Waals surface area (Å²) in [5.41, 5.74) is -1.08. The monoisotopic (exact) mass is 191 g/mol. The first kappa shape index (κ1) is 9.83. The predicted octanol–water partition coefficient (Wildman–Crippen LogP) is -1.13. The van der Waals surface area contributed by atoms with Crippen LogP contribution in [-0.2, 0) is 4.79 Å². The molecule has 0 bridgehead atoms. The van der Waals surface area contributed by atoms with Crippen LogP contribution >= 0.6 is 12.6 Å². The topological polar surface area (TPSA) is 60.8 Å². The van der Waals surface area contributed by atoms with Crippen molar-refractivity contribution in [2.45, 2.75) is 12.0 Å². The SMILES string of the molecule is O=C(CS)N1CCC(O)(CO)C1. The maximum Gasteiger partial charge on any atom is 0.232 e. The van der Waals surface area contributed by atoms with Crippen LogP contribution in [0.1, 0.15) is 6.42 Å². The van der Waals surface area contributed by atoms with E-state index >= 15 is 0 Å². The normalized spacial score (nSPS) is 29.4. The first-order valence-electron chi connectivity index (χ1n) is 3.83. The molecule has 0 aromatic heterocycles. The Bertz CT molecular complexity index is 187. The lowest BCUT2D eigenvalue weighted by Gasteiger charge is -2.20. The quantitative estimate of drug-likeness (QED) is 0.484. The average molecular weight is 191 g/mol. The van der Waals surface area contributed by atoms with Gasteiger partial charge < -0.3 is 15.1 Å². The molecule has 12 heavy (non-hydrogen) atoms. The molecule has 70 valence electrons. The minimum atomic E-state index is -1.08. The van der Waals surface area contributed by atoms with E-state index in [0.29, 0.717) is 13.0 Å². The van der Waals surface area contributed by atoms with Crippen molar-refractivity contribution in [1.82, 2.24) is 4.90 Å². The van der Waals surface area contributed by atoms with Crippen LogP contribution in [0.25, 0.3) is 0 Å². The minimum Gasteiger partial charge on any atom is -0.393 e. The molecule has 1 heterocycles. The molecule has 1 fully saturated rings. The van der Waals surface area contributed by atoms with Gasteiger partial charge in [-0.2, -0.15) is 12.6 Å². The fourth-order valence-corrected chi connectivity index (χ4v) is 1.50. The molecule has 0 aromatic rings. The predicted molar refractivity (Wildman–Crippen MR) is 47.1 cm³/mol. The van der Waals surface area contributed by atoms with Crippen LogP contribution in [0.4, 0.5) is 0 Å². The number of likely N-dealkylation sites (tertiary alicyclic amines) is 1. The fourth-order valence-electron chi connectivity index (χ4n) is 1.30. The Labute approximate surface area is 76.6 Å². The van der Waals surface area contributed by atoms with E-state index in [1.165, 1.54) is 4.90 Å². The van der Waals surface area contributed by atoms with E-state index < -0.39 is 5.60 Å². The zero-order chi connectivity index (χ0) is 9.19. The molecule has 0 spiro atoms. The highest BCUT2D eigenvalue weighted by molar-refractivity contribution is 7.81. The highest BCUT2D eigenvalue weighted by Crippen LogP contribution is 2.20. The second kappa shape index (κ2) is 3.64. The minimum absolute atomic E-state index is 0.0947. The number of hydrogen-bond donors (Lipinski definition) is 3. The third kappa shape index (κ3) is 1.91. The smallest absolute Gasteiger partial charge is 0.232 e. The number of nitrogens with zero attached hydrogens (tertiary/aromatic N) is 1. The van der Waals surface area contributed by atoms with Gasteiger partial charge in [-0.1, -0.05) is 0 Å². The number of thiol groups is 1. The van der Waals surface area contributed by atoms with Gasteiger partial charge in [-0.25, -0.2) is 0 Å². The first-order valence-corrected chi connectivity index (χ1v) is 4.46. The van der Waals surface area contributed by atoms with Gasteiger partial charge in [-0.15, -0.1) is 0 Å². The van der Waals surface area contributed by atoms with Crippen LogP contribution in [0.5, 0.6) is 0 Å². The van der Waals surface area contributed by atoms with Crippen molar-refractivity contribution in [2.24, 2.45) is 0 Å². The van der Waals surface area contributed by atoms with Gasteiger partial charge in [-0.3, -0.25) is 4.79 Å². The van der Waals surface area contributed by atoms with E-state index in [-0.39, 0.29) is 24.8 Å². The van der Waals surface area contributed by atoms with Crippen molar-refractivity contribution < 1.29 is 15.0 Å². The molecule has 0 aliphatic carbocycles. The molecule has 1 unspecified atom stereocenters. The van der Waals surface area contributed by atoms with E-state index in [2.05, 4.69) is 12.6 Å². The summed E-state index contributed by atoms with van der Waals surface area (Å²) < 4.78 is 0. The van der Waals surface area contributed by atoms with Crippen LogP contribution in [-0.4, -0.2) is 52.1 Å². The maximum absolute atomic E-state index is 11.1. The van der Waals surface area contributed by atoms with Crippen molar-refractivity contribution in [3.63, 3.8) is 0 Å². The summed E-state index contributed by atoms with van der Waals surface area (Å²) in [5.74, 6) is 0.0596. The van der Waals surface area contributed by atoms with Gasteiger partial charge in [0, 0.05) is 6.54 Å². The van der Waals surface area contributed by atoms with E-state index in [9.17, 15) is 9.90 Å². The molecule has 0 radical (unpaired) electrons. The van der Waals surface area contributed by atoms with E-state index in [1.807, 2.05) is 0 Å². The second-order valence-electron chi connectivity index (χ2n) is 3.11. The molecule has 5 heteroatoms. The zero-order valence-corrected chi connectivity index (χ0v) is 7.63. The highest BCUT2D eigenvalue weighted by atomic mass is 32.1. The van der Waals surface area contributed by atoms with Crippen molar-refractivity contribution in [3.8, 4) is 0 Å². The summed E-state index contributed by atoms with van der Waals surface area (Å²) in [7, 11) is 0. The summed E-state index contributed by atoms with van der Waals surface area (Å²) in [4.78, 5) is 12.6. The Kier molecular flexibility index (Phi) is 2.98. The Hall–Kier alpha value is -0.260. The third-order valence-corrected chi connectivity index (χ3v) is 2.39. The average Bonchev–Trinajstić information content (AvgIpc) is 2.48. The van der Waals surface area contributed by atoms with Gasteiger partial charge in [0.1, 0.15) is 5.60 Å². The van der Waals surface area contributed by atoms with E-state index in [4.69, 9.17) is 5.11 Å².